The molecule has 118 valence electrons. The van der Waals surface area contributed by atoms with E-state index >= 15 is 0 Å². The molecule has 0 atom stereocenters. The number of ether oxygens (including phenoxy) is 1. The minimum atomic E-state index is -0.207. The summed E-state index contributed by atoms with van der Waals surface area (Å²) in [5, 5.41) is 2.98. The van der Waals surface area contributed by atoms with E-state index in [1.807, 2.05) is 6.92 Å². The highest BCUT2D eigenvalue weighted by atomic mass is 16.5. The van der Waals surface area contributed by atoms with Gasteiger partial charge in [-0.05, 0) is 25.8 Å². The molecule has 6 nitrogen and oxygen atoms in total. The van der Waals surface area contributed by atoms with Gasteiger partial charge in [-0.3, -0.25) is 14.5 Å². The maximum atomic E-state index is 12.0. The summed E-state index contributed by atoms with van der Waals surface area (Å²) < 4.78 is 5.37. The van der Waals surface area contributed by atoms with Crippen molar-refractivity contribution in [3.05, 3.63) is 12.7 Å². The molecule has 6 heteroatoms. The summed E-state index contributed by atoms with van der Waals surface area (Å²) in [6.45, 7) is 9.98. The number of hydrogen-bond donors (Lipinski definition) is 1. The maximum absolute atomic E-state index is 12.0. The van der Waals surface area contributed by atoms with Crippen LogP contribution in [-0.4, -0.2) is 73.1 Å². The Morgan fingerprint density at radius 2 is 2.05 bits per heavy atom. The molecule has 0 bridgehead atoms. The fourth-order valence-electron chi connectivity index (χ4n) is 2.75. The van der Waals surface area contributed by atoms with E-state index < -0.39 is 0 Å². The van der Waals surface area contributed by atoms with E-state index in [1.54, 1.807) is 0 Å². The number of rotatable bonds is 7. The first-order valence-electron chi connectivity index (χ1n) is 7.62. The molecule has 2 aliphatic rings. The predicted octanol–water partition coefficient (Wildman–Crippen LogP) is 0.00190. The summed E-state index contributed by atoms with van der Waals surface area (Å²) in [7, 11) is 0. The summed E-state index contributed by atoms with van der Waals surface area (Å²) in [4.78, 5) is 27.5. The van der Waals surface area contributed by atoms with Gasteiger partial charge in [-0.1, -0.05) is 6.58 Å². The van der Waals surface area contributed by atoms with Crippen LogP contribution >= 0.6 is 0 Å². The number of likely N-dealkylation sites (N-methyl/N-ethyl adjacent to an activating group) is 1. The normalized spacial score (nSPS) is 20.6. The molecule has 2 rings (SSSR count). The summed E-state index contributed by atoms with van der Waals surface area (Å²) in [6, 6.07) is 0. The second-order valence-electron chi connectivity index (χ2n) is 5.66. The van der Waals surface area contributed by atoms with Gasteiger partial charge in [-0.2, -0.15) is 0 Å². The van der Waals surface area contributed by atoms with Crippen molar-refractivity contribution < 1.29 is 14.3 Å². The molecular weight excluding hydrogens is 270 g/mol. The first kappa shape index (κ1) is 16.0. The van der Waals surface area contributed by atoms with E-state index in [-0.39, 0.29) is 23.9 Å². The zero-order valence-electron chi connectivity index (χ0n) is 12.8. The van der Waals surface area contributed by atoms with E-state index in [0.29, 0.717) is 13.1 Å². The van der Waals surface area contributed by atoms with E-state index in [2.05, 4.69) is 16.8 Å². The predicted molar refractivity (Wildman–Crippen MR) is 79.8 cm³/mol. The van der Waals surface area contributed by atoms with Crippen LogP contribution in [0.5, 0.6) is 0 Å². The Morgan fingerprint density at radius 1 is 1.38 bits per heavy atom. The average Bonchev–Trinajstić information content (AvgIpc) is 3.32. The van der Waals surface area contributed by atoms with Gasteiger partial charge in [0.1, 0.15) is 0 Å². The molecule has 1 saturated heterocycles. The van der Waals surface area contributed by atoms with Crippen molar-refractivity contribution in [2.45, 2.75) is 25.3 Å². The zero-order chi connectivity index (χ0) is 15.3. The lowest BCUT2D eigenvalue weighted by molar-refractivity contribution is -0.132. The second kappa shape index (κ2) is 7.04. The highest BCUT2D eigenvalue weighted by Crippen LogP contribution is 2.41. The van der Waals surface area contributed by atoms with Crippen LogP contribution in [0.25, 0.3) is 0 Å². The third kappa shape index (κ3) is 4.04. The van der Waals surface area contributed by atoms with Crippen molar-refractivity contribution in [3.63, 3.8) is 0 Å². The molecule has 1 saturated carbocycles. The molecule has 0 aromatic heterocycles. The molecule has 1 aliphatic heterocycles. The van der Waals surface area contributed by atoms with Crippen LogP contribution in [0.3, 0.4) is 0 Å². The number of carbonyl (C=O) groups is 2. The lowest BCUT2D eigenvalue weighted by atomic mass is 10.2. The van der Waals surface area contributed by atoms with Gasteiger partial charge in [-0.25, -0.2) is 0 Å². The zero-order valence-corrected chi connectivity index (χ0v) is 12.8. The fraction of sp³-hybridized carbons (Fsp3) is 0.733. The maximum Gasteiger partial charge on any atom is 0.246 e. The molecule has 0 radical (unpaired) electrons. The Balaban J connectivity index is 1.78. The highest BCUT2D eigenvalue weighted by molar-refractivity contribution is 5.90. The molecule has 1 aliphatic carbocycles. The van der Waals surface area contributed by atoms with Gasteiger partial charge >= 0.3 is 0 Å². The average molecular weight is 295 g/mol. The van der Waals surface area contributed by atoms with E-state index in [1.165, 1.54) is 11.0 Å². The van der Waals surface area contributed by atoms with E-state index in [0.717, 1.165) is 39.1 Å². The van der Waals surface area contributed by atoms with Crippen molar-refractivity contribution >= 4 is 11.8 Å². The fourth-order valence-corrected chi connectivity index (χ4v) is 2.75. The minimum absolute atomic E-state index is 0.0978. The molecule has 0 unspecified atom stereocenters. The summed E-state index contributed by atoms with van der Waals surface area (Å²) in [6.07, 6.45) is 3.49. The number of nitrogens with zero attached hydrogens (tertiary/aromatic N) is 2. The SMILES string of the molecule is C=CC(=O)N(CC)CC(=O)NCC1(N2CCOCC2)CC1. The van der Waals surface area contributed by atoms with Crippen molar-refractivity contribution in [2.75, 3.05) is 45.9 Å². The van der Waals surface area contributed by atoms with Crippen molar-refractivity contribution in [1.82, 2.24) is 15.1 Å². The molecule has 0 aromatic carbocycles. The molecule has 1 heterocycles. The molecule has 1 N–H and O–H groups in total. The Labute approximate surface area is 126 Å². The van der Waals surface area contributed by atoms with Crippen LogP contribution in [0.15, 0.2) is 12.7 Å². The molecular formula is C15H25N3O3. The minimum Gasteiger partial charge on any atom is -0.379 e. The van der Waals surface area contributed by atoms with Crippen LogP contribution in [0, 0.1) is 0 Å². The van der Waals surface area contributed by atoms with Gasteiger partial charge in [0, 0.05) is 31.7 Å². The lowest BCUT2D eigenvalue weighted by Crippen LogP contribution is -2.51. The van der Waals surface area contributed by atoms with Crippen LogP contribution in [-0.2, 0) is 14.3 Å². The van der Waals surface area contributed by atoms with Crippen molar-refractivity contribution in [1.29, 1.82) is 0 Å². The van der Waals surface area contributed by atoms with Gasteiger partial charge < -0.3 is 15.0 Å². The molecule has 2 amide bonds. The van der Waals surface area contributed by atoms with Crippen molar-refractivity contribution in [2.24, 2.45) is 0 Å². The monoisotopic (exact) mass is 295 g/mol. The largest absolute Gasteiger partial charge is 0.379 e. The van der Waals surface area contributed by atoms with Crippen LogP contribution < -0.4 is 5.32 Å². The molecule has 0 aromatic rings. The highest BCUT2D eigenvalue weighted by Gasteiger charge is 2.48. The van der Waals surface area contributed by atoms with Crippen LogP contribution in [0.4, 0.5) is 0 Å². The first-order valence-corrected chi connectivity index (χ1v) is 7.62. The van der Waals surface area contributed by atoms with Gasteiger partial charge in [0.15, 0.2) is 0 Å². The van der Waals surface area contributed by atoms with Gasteiger partial charge in [0.25, 0.3) is 0 Å². The first-order chi connectivity index (χ1) is 10.1. The molecule has 0 spiro atoms. The quantitative estimate of drug-likeness (QED) is 0.672. The number of morpholine rings is 1. The van der Waals surface area contributed by atoms with Crippen molar-refractivity contribution in [3.8, 4) is 0 Å². The number of amides is 2. The number of carbonyl (C=O) groups excluding carboxylic acids is 2. The Bertz CT molecular complexity index is 401. The summed E-state index contributed by atoms with van der Waals surface area (Å²) in [5.41, 5.74) is 0.124. The topological polar surface area (TPSA) is 61.9 Å². The smallest absolute Gasteiger partial charge is 0.246 e. The summed E-state index contributed by atoms with van der Waals surface area (Å²) in [5.74, 6) is -0.312. The second-order valence-corrected chi connectivity index (χ2v) is 5.66. The Kier molecular flexibility index (Phi) is 5.36. The third-order valence-corrected chi connectivity index (χ3v) is 4.33. The standard InChI is InChI=1S/C15H25N3O3/c1-3-14(20)17(4-2)11-13(19)16-12-15(5-6-15)18-7-9-21-10-8-18/h3H,1,4-12H2,2H3,(H,16,19). The Hall–Kier alpha value is -1.40. The van der Waals surface area contributed by atoms with E-state index in [9.17, 15) is 9.59 Å². The van der Waals surface area contributed by atoms with Crippen LogP contribution in [0.2, 0.25) is 0 Å². The van der Waals surface area contributed by atoms with Gasteiger partial charge in [-0.15, -0.1) is 0 Å². The van der Waals surface area contributed by atoms with E-state index in [4.69, 9.17) is 4.74 Å². The number of nitrogens with one attached hydrogen (secondary N) is 1. The lowest BCUT2D eigenvalue weighted by Gasteiger charge is -2.35. The molecule has 21 heavy (non-hydrogen) atoms. The Morgan fingerprint density at radius 3 is 2.57 bits per heavy atom. The van der Waals surface area contributed by atoms with Crippen LogP contribution in [0.1, 0.15) is 19.8 Å². The molecule has 2 fully saturated rings. The third-order valence-electron chi connectivity index (χ3n) is 4.33. The van der Waals surface area contributed by atoms with Gasteiger partial charge in [0.05, 0.1) is 19.8 Å². The number of hydrogen-bond acceptors (Lipinski definition) is 4. The summed E-state index contributed by atoms with van der Waals surface area (Å²) >= 11 is 0. The van der Waals surface area contributed by atoms with Gasteiger partial charge in [0.2, 0.25) is 11.8 Å².